The average Bonchev–Trinajstić information content (AvgIpc) is 3.21. The first-order valence-electron chi connectivity index (χ1n) is 8.99. The molecule has 9 heteroatoms. The molecule has 1 N–H and O–H groups in total. The third-order valence-electron chi connectivity index (χ3n) is 3.98. The number of ether oxygens (including phenoxy) is 2. The topological polar surface area (TPSA) is 112 Å². The fraction of sp³-hybridized carbons (Fsp3) is 0.143. The Morgan fingerprint density at radius 1 is 0.967 bits per heavy atom. The molecule has 0 spiro atoms. The van der Waals surface area contributed by atoms with Gasteiger partial charge in [-0.1, -0.05) is 24.3 Å². The molecule has 156 valence electrons. The highest BCUT2D eigenvalue weighted by molar-refractivity contribution is 7.92. The molecule has 0 unspecified atom stereocenters. The first-order valence-corrected chi connectivity index (χ1v) is 10.5. The van der Waals surface area contributed by atoms with Crippen LogP contribution in [0.25, 0.3) is 0 Å². The molecule has 0 bridgehead atoms. The number of sulfonamides is 1. The molecule has 8 nitrogen and oxygen atoms in total. The minimum absolute atomic E-state index is 0.0993. The quantitative estimate of drug-likeness (QED) is 0.544. The summed E-state index contributed by atoms with van der Waals surface area (Å²) >= 11 is 0. The van der Waals surface area contributed by atoms with E-state index in [0.717, 1.165) is 0 Å². The van der Waals surface area contributed by atoms with E-state index >= 15 is 0 Å². The number of nitrogens with one attached hydrogen (secondary N) is 1. The van der Waals surface area contributed by atoms with Crippen molar-refractivity contribution < 1.29 is 31.9 Å². The number of furan rings is 1. The molecular weight excluding hydrogens is 410 g/mol. The van der Waals surface area contributed by atoms with E-state index in [1.807, 2.05) is 0 Å². The number of rotatable bonds is 8. The Hall–Kier alpha value is -3.59. The third-order valence-corrected chi connectivity index (χ3v) is 5.38. The van der Waals surface area contributed by atoms with E-state index in [9.17, 15) is 18.0 Å². The van der Waals surface area contributed by atoms with Crippen LogP contribution < -0.4 is 4.72 Å². The van der Waals surface area contributed by atoms with Crippen LogP contribution in [0.15, 0.2) is 76.2 Å². The lowest BCUT2D eigenvalue weighted by Gasteiger charge is -2.10. The maximum atomic E-state index is 12.4. The molecule has 3 rings (SSSR count). The van der Waals surface area contributed by atoms with Crippen LogP contribution in [0.2, 0.25) is 0 Å². The SMILES string of the molecule is CCOC(=O)c1ccoc1COC(=O)c1cccc(NS(=O)(=O)c2ccccc2)c1. The third kappa shape index (κ3) is 5.06. The highest BCUT2D eigenvalue weighted by Crippen LogP contribution is 2.19. The fourth-order valence-corrected chi connectivity index (χ4v) is 3.65. The summed E-state index contributed by atoms with van der Waals surface area (Å²) in [5, 5.41) is 0. The minimum atomic E-state index is -3.79. The van der Waals surface area contributed by atoms with Gasteiger partial charge in [0.15, 0.2) is 12.4 Å². The van der Waals surface area contributed by atoms with Crippen molar-refractivity contribution in [3.8, 4) is 0 Å². The van der Waals surface area contributed by atoms with E-state index in [4.69, 9.17) is 13.9 Å². The van der Waals surface area contributed by atoms with Crippen molar-refractivity contribution in [1.29, 1.82) is 0 Å². The van der Waals surface area contributed by atoms with Crippen molar-refractivity contribution in [1.82, 2.24) is 0 Å². The Balaban J connectivity index is 1.69. The summed E-state index contributed by atoms with van der Waals surface area (Å²) in [7, 11) is -3.79. The number of carbonyl (C=O) groups is 2. The number of carbonyl (C=O) groups excluding carboxylic acids is 2. The summed E-state index contributed by atoms with van der Waals surface area (Å²) in [6.07, 6.45) is 1.30. The van der Waals surface area contributed by atoms with Gasteiger partial charge in [0.1, 0.15) is 5.56 Å². The second kappa shape index (κ2) is 9.27. The summed E-state index contributed by atoms with van der Waals surface area (Å²) in [5.41, 5.74) is 0.514. The zero-order valence-corrected chi connectivity index (χ0v) is 16.8. The molecule has 0 fully saturated rings. The van der Waals surface area contributed by atoms with Gasteiger partial charge in [0.25, 0.3) is 10.0 Å². The lowest BCUT2D eigenvalue weighted by molar-refractivity contribution is 0.0423. The molecule has 1 aromatic heterocycles. The van der Waals surface area contributed by atoms with Crippen LogP contribution >= 0.6 is 0 Å². The van der Waals surface area contributed by atoms with E-state index in [2.05, 4.69) is 4.72 Å². The highest BCUT2D eigenvalue weighted by atomic mass is 32.2. The zero-order valence-electron chi connectivity index (χ0n) is 16.0. The molecule has 1 heterocycles. The van der Waals surface area contributed by atoms with Crippen molar-refractivity contribution in [2.75, 3.05) is 11.3 Å². The van der Waals surface area contributed by atoms with Crippen molar-refractivity contribution >= 4 is 27.6 Å². The molecule has 0 aliphatic carbocycles. The van der Waals surface area contributed by atoms with E-state index < -0.39 is 22.0 Å². The van der Waals surface area contributed by atoms with Crippen LogP contribution in [-0.4, -0.2) is 27.0 Å². The van der Waals surface area contributed by atoms with Crippen molar-refractivity contribution in [3.05, 3.63) is 83.8 Å². The van der Waals surface area contributed by atoms with Gasteiger partial charge in [-0.05, 0) is 43.3 Å². The molecule has 0 amide bonds. The maximum absolute atomic E-state index is 12.4. The number of hydrogen-bond acceptors (Lipinski definition) is 7. The molecule has 0 aliphatic heterocycles. The van der Waals surface area contributed by atoms with Crippen LogP contribution in [0.4, 0.5) is 5.69 Å². The summed E-state index contributed by atoms with van der Waals surface area (Å²) < 4.78 is 42.6. The first-order chi connectivity index (χ1) is 14.4. The number of anilines is 1. The molecule has 0 atom stereocenters. The van der Waals surface area contributed by atoms with Gasteiger partial charge in [0.2, 0.25) is 0 Å². The highest BCUT2D eigenvalue weighted by Gasteiger charge is 2.19. The van der Waals surface area contributed by atoms with Gasteiger partial charge in [-0.3, -0.25) is 4.72 Å². The van der Waals surface area contributed by atoms with Crippen molar-refractivity contribution in [3.63, 3.8) is 0 Å². The Labute approximate surface area is 173 Å². The lowest BCUT2D eigenvalue weighted by atomic mass is 10.2. The van der Waals surface area contributed by atoms with Crippen molar-refractivity contribution in [2.24, 2.45) is 0 Å². The molecule has 0 saturated carbocycles. The van der Waals surface area contributed by atoms with Crippen LogP contribution in [0, 0.1) is 0 Å². The van der Waals surface area contributed by atoms with E-state index in [1.165, 1.54) is 48.7 Å². The summed E-state index contributed by atoms with van der Waals surface area (Å²) in [5.74, 6) is -1.13. The molecule has 0 aliphatic rings. The minimum Gasteiger partial charge on any atom is -0.465 e. The second-order valence-corrected chi connectivity index (χ2v) is 7.74. The van der Waals surface area contributed by atoms with Gasteiger partial charge in [0.05, 0.1) is 23.3 Å². The van der Waals surface area contributed by atoms with Crippen LogP contribution in [0.5, 0.6) is 0 Å². The van der Waals surface area contributed by atoms with E-state index in [-0.39, 0.29) is 40.7 Å². The second-order valence-electron chi connectivity index (χ2n) is 6.05. The summed E-state index contributed by atoms with van der Waals surface area (Å²) in [6, 6.07) is 15.2. The van der Waals surface area contributed by atoms with Gasteiger partial charge in [-0.15, -0.1) is 0 Å². The molecule has 0 radical (unpaired) electrons. The molecule has 2 aromatic carbocycles. The molecule has 0 saturated heterocycles. The number of benzene rings is 2. The summed E-state index contributed by atoms with van der Waals surface area (Å²) in [4.78, 5) is 24.3. The molecule has 3 aromatic rings. The number of esters is 2. The largest absolute Gasteiger partial charge is 0.465 e. The van der Waals surface area contributed by atoms with Crippen LogP contribution in [0.3, 0.4) is 0 Å². The lowest BCUT2D eigenvalue weighted by Crippen LogP contribution is -2.13. The molecule has 30 heavy (non-hydrogen) atoms. The Kier molecular flexibility index (Phi) is 6.53. The predicted octanol–water partition coefficient (Wildman–Crippen LogP) is 3.61. The van der Waals surface area contributed by atoms with Gasteiger partial charge in [-0.25, -0.2) is 18.0 Å². The van der Waals surface area contributed by atoms with E-state index in [1.54, 1.807) is 25.1 Å². The maximum Gasteiger partial charge on any atom is 0.341 e. The predicted molar refractivity (Wildman–Crippen MR) is 107 cm³/mol. The fourth-order valence-electron chi connectivity index (χ4n) is 2.58. The van der Waals surface area contributed by atoms with Crippen LogP contribution in [0.1, 0.15) is 33.4 Å². The summed E-state index contributed by atoms with van der Waals surface area (Å²) in [6.45, 7) is 1.60. The monoisotopic (exact) mass is 429 g/mol. The Bertz CT molecular complexity index is 1140. The standard InChI is InChI=1S/C21H19NO7S/c1-2-27-21(24)18-11-12-28-19(18)14-29-20(23)15-7-6-8-16(13-15)22-30(25,26)17-9-4-3-5-10-17/h3-13,22H,2,14H2,1H3. The van der Waals surface area contributed by atoms with Gasteiger partial charge < -0.3 is 13.9 Å². The van der Waals surface area contributed by atoms with Gasteiger partial charge in [-0.2, -0.15) is 0 Å². The van der Waals surface area contributed by atoms with E-state index in [0.29, 0.717) is 0 Å². The Morgan fingerprint density at radius 2 is 1.73 bits per heavy atom. The zero-order chi connectivity index (χ0) is 21.6. The normalized spacial score (nSPS) is 11.0. The van der Waals surface area contributed by atoms with Crippen molar-refractivity contribution in [2.45, 2.75) is 18.4 Å². The number of hydrogen-bond donors (Lipinski definition) is 1. The van der Waals surface area contributed by atoms with Gasteiger partial charge >= 0.3 is 11.9 Å². The van der Waals surface area contributed by atoms with Crippen LogP contribution in [-0.2, 0) is 26.1 Å². The first kappa shape index (κ1) is 21.1. The van der Waals surface area contributed by atoms with Gasteiger partial charge in [0, 0.05) is 5.69 Å². The average molecular weight is 429 g/mol. The Morgan fingerprint density at radius 3 is 2.47 bits per heavy atom. The smallest absolute Gasteiger partial charge is 0.341 e. The molecular formula is C21H19NO7S.